The van der Waals surface area contributed by atoms with Gasteiger partial charge >= 0.3 is 19.5 Å². The van der Waals surface area contributed by atoms with Crippen LogP contribution in [0, 0.1) is 5.95 Å². The van der Waals surface area contributed by atoms with Crippen molar-refractivity contribution in [3.05, 3.63) is 16.0 Å². The fraction of sp³-hybridized carbons (Fsp3) is 0.650. The van der Waals surface area contributed by atoms with Crippen molar-refractivity contribution in [2.75, 3.05) is 39.3 Å². The molecule has 0 saturated carbocycles. The van der Waals surface area contributed by atoms with Crippen molar-refractivity contribution in [2.24, 2.45) is 0 Å². The monoisotopic (exact) mass is 580 g/mol. The van der Waals surface area contributed by atoms with Crippen LogP contribution in [0.2, 0.25) is 10.0 Å². The van der Waals surface area contributed by atoms with Crippen molar-refractivity contribution in [3.8, 4) is 5.88 Å². The first-order valence-electron chi connectivity index (χ1n) is 10.9. The van der Waals surface area contributed by atoms with E-state index in [1.54, 1.807) is 0 Å². The van der Waals surface area contributed by atoms with Gasteiger partial charge in [0.25, 0.3) is 0 Å². The number of unbranched alkanes of at least 4 members (excludes halogenated alkanes) is 3. The molecule has 0 radical (unpaired) electrons. The van der Waals surface area contributed by atoms with E-state index in [1.807, 2.05) is 21.0 Å². The number of carboxylic acid groups (broad SMARTS) is 1. The number of pyridine rings is 1. The zero-order valence-electron chi connectivity index (χ0n) is 20.7. The highest BCUT2D eigenvalue weighted by atomic mass is 35.5. The van der Waals surface area contributed by atoms with Crippen LogP contribution in [-0.4, -0.2) is 71.5 Å². The van der Waals surface area contributed by atoms with Crippen LogP contribution in [0.25, 0.3) is 0 Å². The summed E-state index contributed by atoms with van der Waals surface area (Å²) in [5.74, 6) is -3.03. The Morgan fingerprint density at radius 1 is 1.19 bits per heavy atom. The number of aliphatic carboxylic acids is 1. The van der Waals surface area contributed by atoms with Crippen LogP contribution in [0.5, 0.6) is 5.88 Å². The number of nitrogens with one attached hydrogen (secondary N) is 2. The van der Waals surface area contributed by atoms with Crippen LogP contribution in [0.4, 0.5) is 10.1 Å². The smallest absolute Gasteiger partial charge is 0.344 e. The highest BCUT2D eigenvalue weighted by Gasteiger charge is 2.18. The Kier molecular flexibility index (Phi) is 20.6. The number of hydrogen-bond acceptors (Lipinski definition) is 9. The second kappa shape index (κ2) is 20.3. The van der Waals surface area contributed by atoms with Crippen LogP contribution in [0.1, 0.15) is 46.0 Å². The van der Waals surface area contributed by atoms with Gasteiger partial charge < -0.3 is 35.4 Å². The molecule has 0 aliphatic heterocycles. The fourth-order valence-electron chi connectivity index (χ4n) is 2.22. The van der Waals surface area contributed by atoms with Gasteiger partial charge in [0.05, 0.1) is 24.6 Å². The number of anilines is 1. The molecule has 1 heterocycles. The molecule has 0 saturated heterocycles. The van der Waals surface area contributed by atoms with Crippen LogP contribution in [0.3, 0.4) is 0 Å². The van der Waals surface area contributed by atoms with Gasteiger partial charge in [0, 0.05) is 0 Å². The maximum absolute atomic E-state index is 13.4. The molecule has 0 spiro atoms. The molecule has 1 rings (SSSR count). The van der Waals surface area contributed by atoms with E-state index in [-0.39, 0.29) is 27.7 Å². The number of carbonyl (C=O) groups excluding carboxylic acids is 1. The van der Waals surface area contributed by atoms with E-state index < -0.39 is 44.9 Å². The van der Waals surface area contributed by atoms with Gasteiger partial charge in [0.2, 0.25) is 11.8 Å². The molecule has 0 aliphatic carbocycles. The number of nitrogens with two attached hydrogens (primary N) is 1. The van der Waals surface area contributed by atoms with E-state index in [9.17, 15) is 18.5 Å². The van der Waals surface area contributed by atoms with Crippen molar-refractivity contribution in [1.82, 2.24) is 15.6 Å². The minimum Gasteiger partial charge on any atom is -0.480 e. The average Bonchev–Trinajstić information content (AvgIpc) is 2.76. The van der Waals surface area contributed by atoms with Gasteiger partial charge in [-0.25, -0.2) is 4.79 Å². The molecule has 0 aliphatic rings. The molecule has 0 bridgehead atoms. The maximum atomic E-state index is 13.4. The van der Waals surface area contributed by atoms with Gasteiger partial charge in [-0.05, 0) is 33.9 Å². The number of aromatic nitrogens is 1. The lowest BCUT2D eigenvalue weighted by Gasteiger charge is -2.14. The van der Waals surface area contributed by atoms with Crippen molar-refractivity contribution in [3.63, 3.8) is 0 Å². The van der Waals surface area contributed by atoms with E-state index >= 15 is 0 Å². The van der Waals surface area contributed by atoms with Crippen molar-refractivity contribution in [1.29, 1.82) is 0 Å². The summed E-state index contributed by atoms with van der Waals surface area (Å²) < 4.78 is 33.7. The first-order valence-corrected chi connectivity index (χ1v) is 13.4. The Hall–Kier alpha value is -1.73. The summed E-state index contributed by atoms with van der Waals surface area (Å²) in [5.41, 5.74) is 5.32. The molecular formula is C20H36Cl2FN4O8P. The first kappa shape index (κ1) is 36.4. The molecule has 12 nitrogen and oxygen atoms in total. The van der Waals surface area contributed by atoms with Gasteiger partial charge in [-0.3, -0.25) is 14.7 Å². The highest BCUT2D eigenvalue weighted by molar-refractivity contribution is 7.51. The molecule has 0 fully saturated rings. The number of hydrogen-bond donors (Lipinski definition) is 6. The van der Waals surface area contributed by atoms with Gasteiger partial charge in [-0.1, -0.05) is 49.4 Å². The third kappa shape index (κ3) is 19.5. The number of ether oxygens (including phenoxy) is 2. The van der Waals surface area contributed by atoms with Crippen LogP contribution in [-0.2, 0) is 18.9 Å². The van der Waals surface area contributed by atoms with Crippen LogP contribution >= 0.6 is 30.8 Å². The molecule has 1 atom stereocenters. The molecule has 1 aromatic heterocycles. The summed E-state index contributed by atoms with van der Waals surface area (Å²) in [6.07, 6.45) is 4.40. The van der Waals surface area contributed by atoms with Crippen LogP contribution in [0.15, 0.2) is 0 Å². The topological polar surface area (TPSA) is 193 Å². The molecule has 210 valence electrons. The quantitative estimate of drug-likeness (QED) is 0.0865. The fourth-order valence-corrected chi connectivity index (χ4v) is 3.00. The predicted molar refractivity (Wildman–Crippen MR) is 136 cm³/mol. The molecule has 16 heteroatoms. The van der Waals surface area contributed by atoms with Crippen molar-refractivity contribution in [2.45, 2.75) is 52.1 Å². The average molecular weight is 581 g/mol. The first-order chi connectivity index (χ1) is 16.7. The third-order valence-electron chi connectivity index (χ3n) is 3.76. The summed E-state index contributed by atoms with van der Waals surface area (Å²) >= 11 is 11.4. The molecule has 1 aromatic rings. The Morgan fingerprint density at radius 2 is 1.78 bits per heavy atom. The zero-order chi connectivity index (χ0) is 28.3. The molecule has 36 heavy (non-hydrogen) atoms. The Morgan fingerprint density at radius 3 is 2.28 bits per heavy atom. The molecular weight excluding hydrogens is 545 g/mol. The number of halogens is 3. The number of nitrogens with zero attached hydrogens (tertiary/aromatic N) is 1. The Bertz CT molecular complexity index is 848. The van der Waals surface area contributed by atoms with Crippen molar-refractivity contribution < 1.29 is 42.9 Å². The van der Waals surface area contributed by atoms with Gasteiger partial charge in [-0.2, -0.15) is 9.37 Å². The second-order valence-electron chi connectivity index (χ2n) is 7.33. The minimum atomic E-state index is -4.10. The molecule has 0 aromatic carbocycles. The van der Waals surface area contributed by atoms with E-state index in [1.165, 1.54) is 0 Å². The predicted octanol–water partition coefficient (Wildman–Crippen LogP) is 3.02. The largest absolute Gasteiger partial charge is 0.480 e. The zero-order valence-corrected chi connectivity index (χ0v) is 23.1. The summed E-state index contributed by atoms with van der Waals surface area (Å²) in [6.45, 7) is 3.07. The van der Waals surface area contributed by atoms with Gasteiger partial charge in [-0.15, -0.1) is 0 Å². The van der Waals surface area contributed by atoms with E-state index in [0.29, 0.717) is 0 Å². The SMILES string of the molecule is CCCCCCC(C)OC(=O)COc1nc(F)c(Cl)c(N)c1Cl.CNC.O=C(O)CNCP(=O)(O)O. The lowest BCUT2D eigenvalue weighted by molar-refractivity contribution is -0.151. The lowest BCUT2D eigenvalue weighted by Crippen LogP contribution is -2.23. The van der Waals surface area contributed by atoms with Gasteiger partial charge in [0.1, 0.15) is 10.0 Å². The molecule has 0 amide bonds. The summed E-state index contributed by atoms with van der Waals surface area (Å²) in [7, 11) is -0.346. The van der Waals surface area contributed by atoms with Gasteiger partial charge in [0.15, 0.2) is 6.61 Å². The number of nitrogen functional groups attached to an aromatic ring is 1. The highest BCUT2D eigenvalue weighted by Crippen LogP contribution is 2.35. The summed E-state index contributed by atoms with van der Waals surface area (Å²) in [6, 6.07) is 0. The standard InChI is InChI=1S/C15H21Cl2FN2O3.C3H8NO5P.C2H7N/c1-3-4-5-6-7-9(2)23-10(21)8-22-15-12(17)13(19)11(16)14(18)20-15;5-3(6)1-4-2-10(7,8)9;1-3-2/h9H,3-8H2,1-2H3,(H2,19,20);4H,1-2H2,(H,5,6)(H2,7,8,9);3H,1-2H3. The second-order valence-corrected chi connectivity index (χ2v) is 9.73. The lowest BCUT2D eigenvalue weighted by atomic mass is 10.1. The Balaban J connectivity index is 0. The third-order valence-corrected chi connectivity index (χ3v) is 5.12. The van der Waals surface area contributed by atoms with Crippen LogP contribution < -0.4 is 21.1 Å². The number of rotatable bonds is 13. The number of esters is 1. The summed E-state index contributed by atoms with van der Waals surface area (Å²) in [4.78, 5) is 41.3. The van der Waals surface area contributed by atoms with E-state index in [4.69, 9.17) is 53.3 Å². The van der Waals surface area contributed by atoms with Crippen molar-refractivity contribution >= 4 is 48.4 Å². The van der Waals surface area contributed by atoms with E-state index in [2.05, 4.69) is 22.5 Å². The summed E-state index contributed by atoms with van der Waals surface area (Å²) in [5, 5.41) is 12.3. The minimum absolute atomic E-state index is 0.142. The maximum Gasteiger partial charge on any atom is 0.344 e. The van der Waals surface area contributed by atoms with E-state index in [0.717, 1.165) is 32.1 Å². The number of carboxylic acids is 1. The molecule has 1 unspecified atom stereocenters. The number of carbonyl (C=O) groups is 2. The Labute approximate surface area is 220 Å². The normalized spacial score (nSPS) is 11.4. The molecule has 7 N–H and O–H groups in total.